The van der Waals surface area contributed by atoms with E-state index in [0.29, 0.717) is 29.0 Å². The molecule has 2 heterocycles. The molecule has 2 unspecified atom stereocenters. The normalized spacial score (nSPS) is 21.0. The lowest BCUT2D eigenvalue weighted by molar-refractivity contribution is -0.140. The van der Waals surface area contributed by atoms with E-state index >= 15 is 0 Å². The molecule has 1 aromatic carbocycles. The average molecular weight is 367 g/mol. The molecule has 1 saturated heterocycles. The zero-order chi connectivity index (χ0) is 17.1. The summed E-state index contributed by atoms with van der Waals surface area (Å²) in [6.45, 7) is 5.23. The molecule has 1 aromatic heterocycles. The highest BCUT2D eigenvalue weighted by Crippen LogP contribution is 2.22. The van der Waals surface area contributed by atoms with Crippen molar-refractivity contribution in [2.45, 2.75) is 31.2 Å². The fourth-order valence-corrected chi connectivity index (χ4v) is 3.74. The van der Waals surface area contributed by atoms with Gasteiger partial charge in [0.25, 0.3) is 0 Å². The summed E-state index contributed by atoms with van der Waals surface area (Å²) in [7, 11) is 0. The van der Waals surface area contributed by atoms with Gasteiger partial charge in [-0.1, -0.05) is 29.4 Å². The van der Waals surface area contributed by atoms with Crippen molar-refractivity contribution in [3.05, 3.63) is 35.6 Å². The fourth-order valence-electron chi connectivity index (χ4n) is 2.73. The molecule has 0 saturated carbocycles. The van der Waals surface area contributed by atoms with Gasteiger partial charge in [-0.25, -0.2) is 0 Å². The molecule has 2 aromatic rings. The van der Waals surface area contributed by atoms with Gasteiger partial charge in [-0.3, -0.25) is 9.36 Å². The molecular formula is C16H19ClN4O2S. The third kappa shape index (κ3) is 4.09. The second kappa shape index (κ2) is 7.55. The van der Waals surface area contributed by atoms with Crippen LogP contribution in [0, 0.1) is 0 Å². The summed E-state index contributed by atoms with van der Waals surface area (Å²) in [5.74, 6) is 0.404. The van der Waals surface area contributed by atoms with E-state index in [2.05, 4.69) is 10.2 Å². The van der Waals surface area contributed by atoms with Crippen molar-refractivity contribution in [1.82, 2.24) is 19.7 Å². The lowest BCUT2D eigenvalue weighted by Crippen LogP contribution is -2.48. The zero-order valence-corrected chi connectivity index (χ0v) is 15.1. The first-order valence-corrected chi connectivity index (χ1v) is 9.11. The predicted molar refractivity (Wildman–Crippen MR) is 93.7 cm³/mol. The first-order valence-electron chi connectivity index (χ1n) is 7.75. The molecule has 0 N–H and O–H groups in total. The van der Waals surface area contributed by atoms with Crippen molar-refractivity contribution in [3.8, 4) is 5.69 Å². The molecular weight excluding hydrogens is 348 g/mol. The monoisotopic (exact) mass is 366 g/mol. The molecule has 6 nitrogen and oxygen atoms in total. The molecule has 0 spiro atoms. The highest BCUT2D eigenvalue weighted by Gasteiger charge is 2.26. The van der Waals surface area contributed by atoms with Crippen LogP contribution in [0.5, 0.6) is 0 Å². The van der Waals surface area contributed by atoms with Crippen molar-refractivity contribution in [3.63, 3.8) is 0 Å². The van der Waals surface area contributed by atoms with E-state index in [1.54, 1.807) is 6.33 Å². The SMILES string of the molecule is CC1CN(C(=O)CSc2nncn2-c2cccc(Cl)c2)CC(C)O1. The summed E-state index contributed by atoms with van der Waals surface area (Å²) in [6.07, 6.45) is 1.76. The van der Waals surface area contributed by atoms with Crippen LogP contribution >= 0.6 is 23.4 Å². The van der Waals surface area contributed by atoms with Crippen LogP contribution in [0.2, 0.25) is 5.02 Å². The molecule has 0 aliphatic carbocycles. The lowest BCUT2D eigenvalue weighted by atomic mass is 10.2. The van der Waals surface area contributed by atoms with Crippen LogP contribution in [0.4, 0.5) is 0 Å². The second-order valence-corrected chi connectivity index (χ2v) is 7.19. The van der Waals surface area contributed by atoms with Crippen molar-refractivity contribution >= 4 is 29.3 Å². The Morgan fingerprint density at radius 1 is 1.38 bits per heavy atom. The number of halogens is 1. The van der Waals surface area contributed by atoms with Crippen molar-refractivity contribution in [2.75, 3.05) is 18.8 Å². The summed E-state index contributed by atoms with van der Waals surface area (Å²) in [4.78, 5) is 14.3. The van der Waals surface area contributed by atoms with E-state index in [1.807, 2.05) is 47.6 Å². The van der Waals surface area contributed by atoms with Gasteiger partial charge >= 0.3 is 0 Å². The molecule has 3 rings (SSSR count). The van der Waals surface area contributed by atoms with E-state index in [0.717, 1.165) is 5.69 Å². The van der Waals surface area contributed by atoms with Crippen LogP contribution in [-0.4, -0.2) is 56.6 Å². The van der Waals surface area contributed by atoms with Gasteiger partial charge in [0.1, 0.15) is 6.33 Å². The van der Waals surface area contributed by atoms with Crippen LogP contribution in [-0.2, 0) is 9.53 Å². The van der Waals surface area contributed by atoms with Crippen LogP contribution < -0.4 is 0 Å². The Kier molecular flexibility index (Phi) is 5.43. The Bertz CT molecular complexity index is 714. The van der Waals surface area contributed by atoms with Crippen LogP contribution in [0.3, 0.4) is 0 Å². The van der Waals surface area contributed by atoms with E-state index in [1.165, 1.54) is 11.8 Å². The Labute approximate surface area is 150 Å². The van der Waals surface area contributed by atoms with Crippen molar-refractivity contribution in [2.24, 2.45) is 0 Å². The van der Waals surface area contributed by atoms with Crippen LogP contribution in [0.15, 0.2) is 35.7 Å². The first kappa shape index (κ1) is 17.3. The Balaban J connectivity index is 1.65. The van der Waals surface area contributed by atoms with Gasteiger partial charge in [0.2, 0.25) is 5.91 Å². The summed E-state index contributed by atoms with van der Waals surface area (Å²) >= 11 is 7.41. The summed E-state index contributed by atoms with van der Waals surface area (Å²) in [5.41, 5.74) is 0.871. The molecule has 1 amide bonds. The molecule has 24 heavy (non-hydrogen) atoms. The van der Waals surface area contributed by atoms with Gasteiger partial charge in [-0.05, 0) is 32.0 Å². The van der Waals surface area contributed by atoms with E-state index < -0.39 is 0 Å². The molecule has 2 atom stereocenters. The molecule has 1 aliphatic heterocycles. The molecule has 128 valence electrons. The van der Waals surface area contributed by atoms with E-state index in [4.69, 9.17) is 16.3 Å². The topological polar surface area (TPSA) is 60.2 Å². The van der Waals surface area contributed by atoms with Gasteiger partial charge in [0.15, 0.2) is 5.16 Å². The predicted octanol–water partition coefficient (Wildman–Crippen LogP) is 2.65. The van der Waals surface area contributed by atoms with Crippen molar-refractivity contribution < 1.29 is 9.53 Å². The number of carbonyl (C=O) groups is 1. The molecule has 0 radical (unpaired) electrons. The number of benzene rings is 1. The minimum Gasteiger partial charge on any atom is -0.372 e. The third-order valence-electron chi connectivity index (χ3n) is 3.70. The smallest absolute Gasteiger partial charge is 0.233 e. The minimum absolute atomic E-state index is 0.0674. The Hall–Kier alpha value is -1.57. The number of aromatic nitrogens is 3. The van der Waals surface area contributed by atoms with Gasteiger partial charge in [0.05, 0.1) is 23.6 Å². The second-order valence-electron chi connectivity index (χ2n) is 5.81. The minimum atomic E-state index is 0.0674. The third-order valence-corrected chi connectivity index (χ3v) is 4.86. The lowest BCUT2D eigenvalue weighted by Gasteiger charge is -2.35. The summed E-state index contributed by atoms with van der Waals surface area (Å²) < 4.78 is 7.49. The number of amides is 1. The maximum atomic E-state index is 12.5. The number of ether oxygens (including phenoxy) is 1. The van der Waals surface area contributed by atoms with Crippen LogP contribution in [0.25, 0.3) is 5.69 Å². The van der Waals surface area contributed by atoms with Crippen LogP contribution in [0.1, 0.15) is 13.8 Å². The van der Waals surface area contributed by atoms with Gasteiger partial charge in [0, 0.05) is 18.1 Å². The zero-order valence-electron chi connectivity index (χ0n) is 13.6. The maximum absolute atomic E-state index is 12.5. The number of hydrogen-bond acceptors (Lipinski definition) is 5. The number of thioether (sulfide) groups is 1. The Morgan fingerprint density at radius 2 is 2.12 bits per heavy atom. The molecule has 1 aliphatic rings. The number of nitrogens with zero attached hydrogens (tertiary/aromatic N) is 4. The number of rotatable bonds is 4. The fraction of sp³-hybridized carbons (Fsp3) is 0.438. The van der Waals surface area contributed by atoms with E-state index in [-0.39, 0.29) is 18.1 Å². The maximum Gasteiger partial charge on any atom is 0.233 e. The summed E-state index contributed by atoms with van der Waals surface area (Å²) in [5, 5.41) is 9.36. The van der Waals surface area contributed by atoms with Gasteiger partial charge in [-0.2, -0.15) is 0 Å². The van der Waals surface area contributed by atoms with Gasteiger partial charge in [-0.15, -0.1) is 10.2 Å². The number of hydrogen-bond donors (Lipinski definition) is 0. The van der Waals surface area contributed by atoms with E-state index in [9.17, 15) is 4.79 Å². The molecule has 0 bridgehead atoms. The van der Waals surface area contributed by atoms with Gasteiger partial charge < -0.3 is 9.64 Å². The Morgan fingerprint density at radius 3 is 2.83 bits per heavy atom. The van der Waals surface area contributed by atoms with Crippen molar-refractivity contribution in [1.29, 1.82) is 0 Å². The number of carbonyl (C=O) groups excluding carboxylic acids is 1. The average Bonchev–Trinajstić information content (AvgIpc) is 3.00. The highest BCUT2D eigenvalue weighted by atomic mass is 35.5. The molecule has 1 fully saturated rings. The highest BCUT2D eigenvalue weighted by molar-refractivity contribution is 7.99. The molecule has 8 heteroatoms. The first-order chi connectivity index (χ1) is 11.5. The standard InChI is InChI=1S/C16H19ClN4O2S/c1-11-7-20(8-12(2)23-11)15(22)9-24-16-19-18-10-21(16)14-5-3-4-13(17)6-14/h3-6,10-12H,7-9H2,1-2H3. The number of morpholine rings is 1. The largest absolute Gasteiger partial charge is 0.372 e. The summed E-state index contributed by atoms with van der Waals surface area (Å²) in [6, 6.07) is 7.44. The quantitative estimate of drug-likeness (QED) is 0.778.